The molecular weight excluding hydrogens is 266 g/mol. The summed E-state index contributed by atoms with van der Waals surface area (Å²) in [7, 11) is 0. The Hall–Kier alpha value is -0.830. The van der Waals surface area contributed by atoms with Crippen LogP contribution in [0.5, 0.6) is 0 Å². The van der Waals surface area contributed by atoms with Crippen molar-refractivity contribution in [2.45, 2.75) is 38.1 Å². The van der Waals surface area contributed by atoms with Crippen LogP contribution in [0.4, 0.5) is 0 Å². The Labute approximate surface area is 106 Å². The van der Waals surface area contributed by atoms with E-state index in [1.165, 1.54) is 0 Å². The van der Waals surface area contributed by atoms with Gasteiger partial charge in [0.2, 0.25) is 0 Å². The SMILES string of the molecule is Cc1ccccc1C(=O)NC(C)(C)C(C)Br. The van der Waals surface area contributed by atoms with Crippen LogP contribution in [0.3, 0.4) is 0 Å². The maximum atomic E-state index is 12.1. The third-order valence-electron chi connectivity index (χ3n) is 2.82. The summed E-state index contributed by atoms with van der Waals surface area (Å²) in [6.07, 6.45) is 0. The van der Waals surface area contributed by atoms with E-state index in [9.17, 15) is 4.79 Å². The molecule has 0 spiro atoms. The van der Waals surface area contributed by atoms with Gasteiger partial charge in [0.1, 0.15) is 0 Å². The molecule has 0 radical (unpaired) electrons. The number of carbonyl (C=O) groups is 1. The van der Waals surface area contributed by atoms with Gasteiger partial charge in [0, 0.05) is 15.9 Å². The second kappa shape index (κ2) is 5.00. The first-order valence-electron chi connectivity index (χ1n) is 5.37. The van der Waals surface area contributed by atoms with Crippen LogP contribution < -0.4 is 5.32 Å². The van der Waals surface area contributed by atoms with Gasteiger partial charge in [-0.1, -0.05) is 41.1 Å². The molecule has 1 aromatic carbocycles. The normalized spacial score (nSPS) is 13.3. The molecule has 1 atom stereocenters. The average molecular weight is 284 g/mol. The van der Waals surface area contributed by atoms with Crippen LogP contribution in [0, 0.1) is 6.92 Å². The Morgan fingerprint density at radius 1 is 1.38 bits per heavy atom. The second-order valence-electron chi connectivity index (χ2n) is 4.61. The van der Waals surface area contributed by atoms with Crippen molar-refractivity contribution < 1.29 is 4.79 Å². The predicted octanol–water partition coefficient (Wildman–Crippen LogP) is 3.29. The standard InChI is InChI=1S/C13H18BrNO/c1-9-7-5-6-8-11(9)12(16)15-13(3,4)10(2)14/h5-8,10H,1-4H3,(H,15,16). The fraction of sp³-hybridized carbons (Fsp3) is 0.462. The van der Waals surface area contributed by atoms with E-state index in [4.69, 9.17) is 0 Å². The number of aryl methyl sites for hydroxylation is 1. The van der Waals surface area contributed by atoms with Crippen LogP contribution in [-0.4, -0.2) is 16.3 Å². The van der Waals surface area contributed by atoms with Crippen molar-refractivity contribution in [3.05, 3.63) is 35.4 Å². The van der Waals surface area contributed by atoms with Crippen LogP contribution in [0.25, 0.3) is 0 Å². The van der Waals surface area contributed by atoms with Gasteiger partial charge in [0.25, 0.3) is 5.91 Å². The van der Waals surface area contributed by atoms with Gasteiger partial charge in [-0.2, -0.15) is 0 Å². The molecule has 0 heterocycles. The molecule has 1 unspecified atom stereocenters. The number of alkyl halides is 1. The number of nitrogens with one attached hydrogen (secondary N) is 1. The van der Waals surface area contributed by atoms with Gasteiger partial charge in [-0.3, -0.25) is 4.79 Å². The Morgan fingerprint density at radius 2 is 1.94 bits per heavy atom. The van der Waals surface area contributed by atoms with Crippen LogP contribution in [0.2, 0.25) is 0 Å². The van der Waals surface area contributed by atoms with Gasteiger partial charge in [0.05, 0.1) is 0 Å². The molecule has 2 nitrogen and oxygen atoms in total. The third-order valence-corrected chi connectivity index (χ3v) is 3.96. The molecule has 1 N–H and O–H groups in total. The molecular formula is C13H18BrNO. The summed E-state index contributed by atoms with van der Waals surface area (Å²) in [6.45, 7) is 7.97. The third kappa shape index (κ3) is 3.08. The van der Waals surface area contributed by atoms with Crippen LogP contribution in [-0.2, 0) is 0 Å². The van der Waals surface area contributed by atoms with Gasteiger partial charge in [-0.15, -0.1) is 0 Å². The Morgan fingerprint density at radius 3 is 2.44 bits per heavy atom. The minimum atomic E-state index is -0.265. The van der Waals surface area contributed by atoms with Crippen molar-refractivity contribution in [1.82, 2.24) is 5.32 Å². The summed E-state index contributed by atoms with van der Waals surface area (Å²) in [5, 5.41) is 3.03. The van der Waals surface area contributed by atoms with E-state index >= 15 is 0 Å². The zero-order valence-electron chi connectivity index (χ0n) is 10.2. The Kier molecular flexibility index (Phi) is 4.14. The van der Waals surface area contributed by atoms with E-state index in [0.29, 0.717) is 0 Å². The Balaban J connectivity index is 2.85. The highest BCUT2D eigenvalue weighted by Crippen LogP contribution is 2.18. The van der Waals surface area contributed by atoms with E-state index in [0.717, 1.165) is 11.1 Å². The van der Waals surface area contributed by atoms with E-state index in [1.807, 2.05) is 52.0 Å². The highest BCUT2D eigenvalue weighted by atomic mass is 79.9. The molecule has 0 aliphatic rings. The van der Waals surface area contributed by atoms with Crippen molar-refractivity contribution in [2.24, 2.45) is 0 Å². The number of rotatable bonds is 3. The maximum Gasteiger partial charge on any atom is 0.251 e. The van der Waals surface area contributed by atoms with Gasteiger partial charge in [-0.25, -0.2) is 0 Å². The van der Waals surface area contributed by atoms with E-state index in [2.05, 4.69) is 21.2 Å². The van der Waals surface area contributed by atoms with E-state index in [1.54, 1.807) is 0 Å². The van der Waals surface area contributed by atoms with Crippen LogP contribution in [0.1, 0.15) is 36.7 Å². The van der Waals surface area contributed by atoms with Crippen molar-refractivity contribution in [3.63, 3.8) is 0 Å². The topological polar surface area (TPSA) is 29.1 Å². The number of hydrogen-bond donors (Lipinski definition) is 1. The van der Waals surface area contributed by atoms with Gasteiger partial charge < -0.3 is 5.32 Å². The minimum Gasteiger partial charge on any atom is -0.346 e. The molecule has 16 heavy (non-hydrogen) atoms. The molecule has 0 aliphatic heterocycles. The summed E-state index contributed by atoms with van der Waals surface area (Å²) in [5.74, 6) is -0.0191. The molecule has 1 amide bonds. The predicted molar refractivity (Wildman–Crippen MR) is 71.1 cm³/mol. The molecule has 88 valence electrons. The average Bonchev–Trinajstić information content (AvgIpc) is 2.17. The fourth-order valence-electron chi connectivity index (χ4n) is 1.29. The lowest BCUT2D eigenvalue weighted by atomic mass is 10.00. The first kappa shape index (κ1) is 13.2. The van der Waals surface area contributed by atoms with Crippen LogP contribution in [0.15, 0.2) is 24.3 Å². The van der Waals surface area contributed by atoms with Gasteiger partial charge >= 0.3 is 0 Å². The van der Waals surface area contributed by atoms with Crippen molar-refractivity contribution >= 4 is 21.8 Å². The fourth-order valence-corrected chi connectivity index (χ4v) is 1.40. The first-order chi connectivity index (χ1) is 7.34. The zero-order valence-corrected chi connectivity index (χ0v) is 11.8. The molecule has 1 rings (SSSR count). The minimum absolute atomic E-state index is 0.0191. The molecule has 0 bridgehead atoms. The summed E-state index contributed by atoms with van der Waals surface area (Å²) in [6, 6.07) is 7.61. The number of hydrogen-bond acceptors (Lipinski definition) is 1. The van der Waals surface area contributed by atoms with Crippen molar-refractivity contribution in [1.29, 1.82) is 0 Å². The molecule has 0 fully saturated rings. The summed E-state index contributed by atoms with van der Waals surface area (Å²) < 4.78 is 0. The molecule has 0 saturated carbocycles. The lowest BCUT2D eigenvalue weighted by molar-refractivity contribution is 0.0913. The molecule has 3 heteroatoms. The molecule has 1 aromatic rings. The Bertz CT molecular complexity index is 385. The molecule has 0 saturated heterocycles. The number of carbonyl (C=O) groups excluding carboxylic acids is 1. The lowest BCUT2D eigenvalue weighted by Crippen LogP contribution is -2.48. The molecule has 0 aromatic heterocycles. The smallest absolute Gasteiger partial charge is 0.251 e. The van der Waals surface area contributed by atoms with E-state index < -0.39 is 0 Å². The number of amides is 1. The first-order valence-corrected chi connectivity index (χ1v) is 6.28. The zero-order chi connectivity index (χ0) is 12.3. The summed E-state index contributed by atoms with van der Waals surface area (Å²) >= 11 is 3.50. The number of halogens is 1. The summed E-state index contributed by atoms with van der Waals surface area (Å²) in [5.41, 5.74) is 1.47. The number of benzene rings is 1. The van der Waals surface area contributed by atoms with Crippen molar-refractivity contribution in [3.8, 4) is 0 Å². The highest BCUT2D eigenvalue weighted by molar-refractivity contribution is 9.09. The quantitative estimate of drug-likeness (QED) is 0.848. The summed E-state index contributed by atoms with van der Waals surface area (Å²) in [4.78, 5) is 12.3. The lowest BCUT2D eigenvalue weighted by Gasteiger charge is -2.29. The van der Waals surface area contributed by atoms with Crippen molar-refractivity contribution in [2.75, 3.05) is 0 Å². The largest absolute Gasteiger partial charge is 0.346 e. The maximum absolute atomic E-state index is 12.1. The van der Waals surface area contributed by atoms with E-state index in [-0.39, 0.29) is 16.3 Å². The monoisotopic (exact) mass is 283 g/mol. The second-order valence-corrected chi connectivity index (χ2v) is 5.98. The molecule has 0 aliphatic carbocycles. The van der Waals surface area contributed by atoms with Crippen LogP contribution >= 0.6 is 15.9 Å². The van der Waals surface area contributed by atoms with Gasteiger partial charge in [-0.05, 0) is 32.4 Å². The van der Waals surface area contributed by atoms with Gasteiger partial charge in [0.15, 0.2) is 0 Å². The highest BCUT2D eigenvalue weighted by Gasteiger charge is 2.26.